The van der Waals surface area contributed by atoms with E-state index >= 15 is 0 Å². The van der Waals surface area contributed by atoms with Crippen LogP contribution in [0.4, 0.5) is 19.4 Å². The lowest BCUT2D eigenvalue weighted by molar-refractivity contribution is 0.115. The second kappa shape index (κ2) is 8.62. The molecule has 3 aromatic rings. The third-order valence-electron chi connectivity index (χ3n) is 6.08. The van der Waals surface area contributed by atoms with Gasteiger partial charge in [0.15, 0.2) is 5.01 Å². The number of amides is 2. The molecule has 11 heteroatoms. The molecule has 0 radical (unpaired) electrons. The topological polar surface area (TPSA) is 95.9 Å². The van der Waals surface area contributed by atoms with Crippen molar-refractivity contribution in [2.24, 2.45) is 0 Å². The number of carbonyl (C=O) groups is 1. The Hall–Kier alpha value is -2.79. The Labute approximate surface area is 187 Å². The molecule has 2 bridgehead atoms. The normalized spacial score (nSPS) is 22.6. The number of carbonyl (C=O) groups excluding carboxylic acids is 1. The van der Waals surface area contributed by atoms with Gasteiger partial charge in [0.25, 0.3) is 6.43 Å². The van der Waals surface area contributed by atoms with Crippen molar-refractivity contribution in [3.05, 3.63) is 29.4 Å². The second-order valence-electron chi connectivity index (χ2n) is 8.28. The van der Waals surface area contributed by atoms with Gasteiger partial charge < -0.3 is 10.2 Å². The van der Waals surface area contributed by atoms with E-state index in [1.165, 1.54) is 11.3 Å². The van der Waals surface area contributed by atoms with E-state index in [2.05, 4.69) is 30.8 Å². The van der Waals surface area contributed by atoms with Gasteiger partial charge in [0.05, 0.1) is 12.1 Å². The summed E-state index contributed by atoms with van der Waals surface area (Å²) >= 11 is 1.47. The van der Waals surface area contributed by atoms with E-state index in [1.54, 1.807) is 12.3 Å². The van der Waals surface area contributed by atoms with Gasteiger partial charge in [-0.3, -0.25) is 5.32 Å². The third-order valence-corrected chi connectivity index (χ3v) is 6.94. The average Bonchev–Trinajstić information content (AvgIpc) is 3.32. The number of pyridine rings is 2. The van der Waals surface area contributed by atoms with Gasteiger partial charge in [-0.05, 0) is 44.7 Å². The summed E-state index contributed by atoms with van der Waals surface area (Å²) < 4.78 is 25.1. The van der Waals surface area contributed by atoms with Crippen molar-refractivity contribution in [3.8, 4) is 10.7 Å². The van der Waals surface area contributed by atoms with E-state index in [1.807, 2.05) is 24.0 Å². The molecule has 5 rings (SSSR count). The zero-order valence-electron chi connectivity index (χ0n) is 17.5. The first kappa shape index (κ1) is 21.1. The zero-order valence-corrected chi connectivity index (χ0v) is 18.3. The van der Waals surface area contributed by atoms with Crippen LogP contribution in [0.3, 0.4) is 0 Å². The fourth-order valence-electron chi connectivity index (χ4n) is 4.71. The van der Waals surface area contributed by atoms with Crippen molar-refractivity contribution >= 4 is 34.1 Å². The summed E-state index contributed by atoms with van der Waals surface area (Å²) in [5.74, 6) is 0.429. The van der Waals surface area contributed by atoms with Crippen LogP contribution in [0.25, 0.3) is 21.6 Å². The molecule has 2 N–H and O–H groups in total. The van der Waals surface area contributed by atoms with Crippen LogP contribution in [0.15, 0.2) is 24.4 Å². The largest absolute Gasteiger partial charge is 0.323 e. The number of fused-ring (bicyclic) bond motifs is 3. The Balaban J connectivity index is 1.29. The molecule has 2 aliphatic heterocycles. The molecule has 0 aromatic carbocycles. The van der Waals surface area contributed by atoms with E-state index in [4.69, 9.17) is 0 Å². The van der Waals surface area contributed by atoms with Crippen LogP contribution in [-0.4, -0.2) is 62.2 Å². The molecule has 8 nitrogen and oxygen atoms in total. The predicted molar refractivity (Wildman–Crippen MR) is 118 cm³/mol. The Kier molecular flexibility index (Phi) is 5.68. The lowest BCUT2D eigenvalue weighted by Gasteiger charge is -2.39. The van der Waals surface area contributed by atoms with Crippen LogP contribution < -0.4 is 10.6 Å². The molecule has 2 amide bonds. The number of hydrogen-bond acceptors (Lipinski definition) is 7. The fourth-order valence-corrected chi connectivity index (χ4v) is 5.37. The Morgan fingerprint density at radius 3 is 2.72 bits per heavy atom. The van der Waals surface area contributed by atoms with E-state index in [0.717, 1.165) is 33.9 Å². The number of urea groups is 1. The summed E-state index contributed by atoms with van der Waals surface area (Å²) in [5, 5.41) is 16.5. The summed E-state index contributed by atoms with van der Waals surface area (Å²) in [6, 6.07) is 5.48. The summed E-state index contributed by atoms with van der Waals surface area (Å²) in [7, 11) is 0. The Bertz CT molecular complexity index is 1130. The SMILES string of the molecule is Cc1nnc(-c2ccc3cnc(NC(=O)N4[C@@H]5CC[C@H]4CC(NCC(F)F)C5)cc3n2)s1. The van der Waals surface area contributed by atoms with Crippen molar-refractivity contribution in [2.75, 3.05) is 11.9 Å². The minimum absolute atomic E-state index is 0.0240. The lowest BCUT2D eigenvalue weighted by atomic mass is 9.97. The van der Waals surface area contributed by atoms with E-state index in [0.29, 0.717) is 24.2 Å². The van der Waals surface area contributed by atoms with E-state index < -0.39 is 6.43 Å². The standard InChI is InChI=1S/C21H23F2N7OS/c1-11-28-29-20(32-11)16-5-2-12-9-25-19(8-17(12)26-16)27-21(31)30-14-3-4-15(30)7-13(6-14)24-10-18(22)23/h2,5,8-9,13-15,18,24H,3-4,6-7,10H2,1H3,(H,25,27,31)/t13?,14-,15+. The molecule has 2 saturated heterocycles. The predicted octanol–water partition coefficient (Wildman–Crippen LogP) is 3.84. The first-order chi connectivity index (χ1) is 15.5. The average molecular weight is 460 g/mol. The van der Waals surface area contributed by atoms with Crippen LogP contribution in [-0.2, 0) is 0 Å². The summed E-state index contributed by atoms with van der Waals surface area (Å²) in [5.41, 5.74) is 1.43. The highest BCUT2D eigenvalue weighted by Crippen LogP contribution is 2.36. The first-order valence-corrected chi connectivity index (χ1v) is 11.5. The van der Waals surface area contributed by atoms with Gasteiger partial charge in [-0.1, -0.05) is 11.3 Å². The molecule has 5 heterocycles. The number of anilines is 1. The highest BCUT2D eigenvalue weighted by molar-refractivity contribution is 7.14. The van der Waals surface area contributed by atoms with Gasteiger partial charge in [0.1, 0.15) is 16.5 Å². The first-order valence-electron chi connectivity index (χ1n) is 10.6. The number of nitrogens with zero attached hydrogens (tertiary/aromatic N) is 5. The van der Waals surface area contributed by atoms with Gasteiger partial charge in [0, 0.05) is 35.8 Å². The van der Waals surface area contributed by atoms with E-state index in [-0.39, 0.29) is 30.7 Å². The molecule has 32 heavy (non-hydrogen) atoms. The summed E-state index contributed by atoms with van der Waals surface area (Å²) in [6.07, 6.45) is 2.48. The zero-order chi connectivity index (χ0) is 22.2. The smallest absolute Gasteiger partial charge is 0.318 e. The molecule has 2 aliphatic rings. The molecular formula is C21H23F2N7OS. The molecule has 0 spiro atoms. The molecule has 1 unspecified atom stereocenters. The van der Waals surface area contributed by atoms with Crippen molar-refractivity contribution in [1.29, 1.82) is 0 Å². The molecule has 0 aliphatic carbocycles. The van der Waals surface area contributed by atoms with Crippen molar-refractivity contribution in [2.45, 2.75) is 57.2 Å². The molecule has 0 saturated carbocycles. The number of rotatable bonds is 5. The van der Waals surface area contributed by atoms with Crippen LogP contribution >= 0.6 is 11.3 Å². The second-order valence-corrected chi connectivity index (χ2v) is 9.46. The highest BCUT2D eigenvalue weighted by atomic mass is 32.1. The maximum atomic E-state index is 13.0. The van der Waals surface area contributed by atoms with Gasteiger partial charge in [-0.25, -0.2) is 23.5 Å². The van der Waals surface area contributed by atoms with Crippen molar-refractivity contribution in [3.63, 3.8) is 0 Å². The van der Waals surface area contributed by atoms with Gasteiger partial charge in [-0.2, -0.15) is 0 Å². The van der Waals surface area contributed by atoms with Gasteiger partial charge in [-0.15, -0.1) is 10.2 Å². The lowest BCUT2D eigenvalue weighted by Crippen LogP contribution is -2.53. The van der Waals surface area contributed by atoms with E-state index in [9.17, 15) is 13.6 Å². The maximum Gasteiger partial charge on any atom is 0.323 e. The van der Waals surface area contributed by atoms with Gasteiger partial charge >= 0.3 is 6.03 Å². The number of hydrogen-bond donors (Lipinski definition) is 2. The number of halogens is 2. The maximum absolute atomic E-state index is 13.0. The summed E-state index contributed by atoms with van der Waals surface area (Å²) in [6.45, 7) is 1.59. The van der Waals surface area contributed by atoms with Crippen LogP contribution in [0.1, 0.15) is 30.7 Å². The van der Waals surface area contributed by atoms with Crippen LogP contribution in [0.2, 0.25) is 0 Å². The fraction of sp³-hybridized carbons (Fsp3) is 0.476. The molecular weight excluding hydrogens is 436 g/mol. The summed E-state index contributed by atoms with van der Waals surface area (Å²) in [4.78, 5) is 23.9. The quantitative estimate of drug-likeness (QED) is 0.602. The van der Waals surface area contributed by atoms with Crippen molar-refractivity contribution in [1.82, 2.24) is 30.4 Å². The molecule has 168 valence electrons. The minimum atomic E-state index is -2.36. The molecule has 2 fully saturated rings. The Morgan fingerprint density at radius 2 is 2.03 bits per heavy atom. The number of aromatic nitrogens is 4. The Morgan fingerprint density at radius 1 is 1.25 bits per heavy atom. The number of aryl methyl sites for hydroxylation is 1. The minimum Gasteiger partial charge on any atom is -0.318 e. The molecule has 3 atom stereocenters. The third kappa shape index (κ3) is 4.26. The number of nitrogens with one attached hydrogen (secondary N) is 2. The monoisotopic (exact) mass is 459 g/mol. The number of alkyl halides is 2. The number of piperidine rings is 1. The van der Waals surface area contributed by atoms with Crippen molar-refractivity contribution < 1.29 is 13.6 Å². The van der Waals surface area contributed by atoms with Crippen LogP contribution in [0, 0.1) is 6.92 Å². The highest BCUT2D eigenvalue weighted by Gasteiger charge is 2.43. The molecule has 3 aromatic heterocycles. The van der Waals surface area contributed by atoms with Gasteiger partial charge in [0.2, 0.25) is 0 Å². The van der Waals surface area contributed by atoms with Crippen LogP contribution in [0.5, 0.6) is 0 Å².